The first-order valence-corrected chi connectivity index (χ1v) is 21.5. The molecule has 12 nitrogen and oxygen atoms in total. The molecule has 0 unspecified atom stereocenters. The number of aliphatic hydroxyl groups excluding tert-OH is 1. The van der Waals surface area contributed by atoms with E-state index in [9.17, 15) is 19.8 Å². The Bertz CT molecular complexity index is 2050. The molecule has 0 bridgehead atoms. The van der Waals surface area contributed by atoms with Crippen molar-refractivity contribution in [2.45, 2.75) is 89.0 Å². The van der Waals surface area contributed by atoms with Crippen molar-refractivity contribution in [3.05, 3.63) is 98.4 Å². The highest BCUT2D eigenvalue weighted by molar-refractivity contribution is 6.32. The van der Waals surface area contributed by atoms with Crippen molar-refractivity contribution < 1.29 is 24.5 Å². The molecular weight excluding hydrogens is 756 g/mol. The summed E-state index contributed by atoms with van der Waals surface area (Å²) in [5, 5.41) is 25.8. The average Bonchev–Trinajstić information content (AvgIpc) is 3.78. The molecule has 0 radical (unpaired) electrons. The second kappa shape index (κ2) is 19.8. The van der Waals surface area contributed by atoms with Crippen LogP contribution in [0.15, 0.2) is 65.6 Å². The molecule has 2 saturated heterocycles. The van der Waals surface area contributed by atoms with Gasteiger partial charge in [0.1, 0.15) is 11.6 Å². The van der Waals surface area contributed by atoms with Crippen LogP contribution in [0.3, 0.4) is 0 Å². The first-order valence-electron chi connectivity index (χ1n) is 21.2. The minimum atomic E-state index is -0.861. The number of rotatable bonds is 17. The van der Waals surface area contributed by atoms with Gasteiger partial charge < -0.3 is 39.8 Å². The number of benzene rings is 2. The first-order chi connectivity index (χ1) is 28.2. The quantitative estimate of drug-likeness (QED) is 0.0973. The van der Waals surface area contributed by atoms with Crippen LogP contribution in [0.2, 0.25) is 5.02 Å². The Morgan fingerprint density at radius 1 is 1.10 bits per heavy atom. The summed E-state index contributed by atoms with van der Waals surface area (Å²) >= 11 is 6.99. The van der Waals surface area contributed by atoms with Crippen molar-refractivity contribution in [2.24, 2.45) is 0 Å². The molecule has 312 valence electrons. The van der Waals surface area contributed by atoms with Crippen LogP contribution in [0, 0.1) is 0 Å². The normalized spacial score (nSPS) is 17.9. The molecule has 1 aliphatic carbocycles. The van der Waals surface area contributed by atoms with E-state index in [2.05, 4.69) is 62.3 Å². The number of phenolic OH excluding ortho intramolecular Hbond substituents is 1. The van der Waals surface area contributed by atoms with Gasteiger partial charge in [-0.15, -0.1) is 0 Å². The SMILES string of the molecule is CCc1ccnc(N2CCOC3(CCN(Cc4cccc(CCOCCC(=O)N(CCNC[C@H](O)c5ccc(O)c6[nH]c(=O)ccc56)C5CCCC5)c4Cl)CC3)C2)c1. The smallest absolute Gasteiger partial charge is 0.248 e. The number of nitrogens with one attached hydrogen (secondary N) is 2. The van der Waals surface area contributed by atoms with Crippen molar-refractivity contribution in [3.8, 4) is 5.75 Å². The minimum absolute atomic E-state index is 0.0446. The number of phenols is 1. The number of aryl methyl sites for hydroxylation is 1. The number of carbonyl (C=O) groups excluding carboxylic acids is 1. The fourth-order valence-corrected chi connectivity index (χ4v) is 9.20. The third kappa shape index (κ3) is 10.4. The Morgan fingerprint density at radius 2 is 1.91 bits per heavy atom. The molecule has 7 rings (SSSR count). The second-order valence-corrected chi connectivity index (χ2v) is 16.5. The molecule has 1 spiro atoms. The number of hydrogen-bond acceptors (Lipinski definition) is 10. The van der Waals surface area contributed by atoms with Gasteiger partial charge in [0.2, 0.25) is 11.5 Å². The summed E-state index contributed by atoms with van der Waals surface area (Å²) in [6, 6.07) is 16.9. The van der Waals surface area contributed by atoms with E-state index in [1.165, 1.54) is 17.7 Å². The molecule has 4 heterocycles. The summed E-state index contributed by atoms with van der Waals surface area (Å²) in [7, 11) is 0. The molecule has 2 aromatic carbocycles. The van der Waals surface area contributed by atoms with Crippen LogP contribution < -0.4 is 15.8 Å². The number of halogens is 1. The summed E-state index contributed by atoms with van der Waals surface area (Å²) < 4.78 is 12.5. The fraction of sp³-hybridized carbons (Fsp3) is 0.533. The number of likely N-dealkylation sites (tertiary alicyclic amines) is 1. The van der Waals surface area contributed by atoms with Crippen LogP contribution in [0.5, 0.6) is 5.75 Å². The summed E-state index contributed by atoms with van der Waals surface area (Å²) in [5.41, 5.74) is 3.93. The van der Waals surface area contributed by atoms with Crippen LogP contribution in [0.4, 0.5) is 5.82 Å². The van der Waals surface area contributed by atoms with E-state index >= 15 is 0 Å². The number of ether oxygens (including phenoxy) is 2. The van der Waals surface area contributed by atoms with E-state index in [0.29, 0.717) is 55.6 Å². The number of amides is 1. The lowest BCUT2D eigenvalue weighted by Crippen LogP contribution is -2.57. The largest absolute Gasteiger partial charge is 0.506 e. The van der Waals surface area contributed by atoms with Crippen LogP contribution in [-0.2, 0) is 33.7 Å². The number of carbonyl (C=O) groups is 1. The number of aromatic nitrogens is 2. The van der Waals surface area contributed by atoms with Crippen LogP contribution in [0.1, 0.15) is 80.2 Å². The van der Waals surface area contributed by atoms with Gasteiger partial charge in [-0.2, -0.15) is 0 Å². The Morgan fingerprint density at radius 3 is 2.72 bits per heavy atom. The Kier molecular flexibility index (Phi) is 14.4. The highest BCUT2D eigenvalue weighted by Crippen LogP contribution is 2.34. The van der Waals surface area contributed by atoms with E-state index in [0.717, 1.165) is 106 Å². The molecule has 13 heteroatoms. The number of nitrogens with zero attached hydrogens (tertiary/aromatic N) is 4. The number of pyridine rings is 2. The molecule has 2 aliphatic heterocycles. The Hall–Kier alpha value is -4.04. The van der Waals surface area contributed by atoms with E-state index in [1.54, 1.807) is 12.1 Å². The molecule has 1 atom stereocenters. The maximum Gasteiger partial charge on any atom is 0.248 e. The molecular formula is C45H59ClN6O6. The highest BCUT2D eigenvalue weighted by Gasteiger charge is 2.40. The van der Waals surface area contributed by atoms with Crippen LogP contribution in [0.25, 0.3) is 10.9 Å². The molecule has 58 heavy (non-hydrogen) atoms. The second-order valence-electron chi connectivity index (χ2n) is 16.1. The summed E-state index contributed by atoms with van der Waals surface area (Å²) in [4.78, 5) is 39.4. The highest BCUT2D eigenvalue weighted by atomic mass is 35.5. The monoisotopic (exact) mass is 814 g/mol. The van der Waals surface area contributed by atoms with E-state index in [4.69, 9.17) is 21.1 Å². The molecule has 1 saturated carbocycles. The summed E-state index contributed by atoms with van der Waals surface area (Å²) in [5.74, 6) is 1.09. The molecule has 4 aromatic rings. The standard InChI is InChI=1S/C45H59ClN6O6/c1-2-32-14-19-48-40(28-32)51-24-27-58-45(31-51)17-21-50(22-18-45)30-34-7-5-6-33(43(34)46)15-25-57-26-16-42(56)52(35-8-3-4-9-35)23-20-47-29-39(54)36-10-12-38(53)44-37(36)11-13-41(55)49-44/h5-7,10-14,19,28,35,39,47,53-54H,2-4,8-9,15-18,20-27,29-31H2,1H3,(H,49,55)/t39-/m0/s1. The predicted molar refractivity (Wildman–Crippen MR) is 228 cm³/mol. The molecule has 3 aliphatic rings. The number of piperidine rings is 1. The van der Waals surface area contributed by atoms with Gasteiger partial charge in [-0.25, -0.2) is 4.98 Å². The van der Waals surface area contributed by atoms with Gasteiger partial charge >= 0.3 is 0 Å². The summed E-state index contributed by atoms with van der Waals surface area (Å²) in [6.45, 7) is 9.48. The zero-order valence-corrected chi connectivity index (χ0v) is 34.5. The van der Waals surface area contributed by atoms with Crippen molar-refractivity contribution >= 4 is 34.2 Å². The lowest BCUT2D eigenvalue weighted by Gasteiger charge is -2.47. The number of fused-ring (bicyclic) bond motifs is 1. The Labute approximate surface area is 346 Å². The van der Waals surface area contributed by atoms with Gasteiger partial charge in [0.15, 0.2) is 0 Å². The molecule has 2 aromatic heterocycles. The maximum absolute atomic E-state index is 13.5. The predicted octanol–water partition coefficient (Wildman–Crippen LogP) is 5.76. The van der Waals surface area contributed by atoms with Crippen molar-refractivity contribution in [2.75, 3.05) is 70.5 Å². The summed E-state index contributed by atoms with van der Waals surface area (Å²) in [6.07, 6.45) is 9.22. The number of aromatic hydroxyl groups is 1. The fourth-order valence-electron chi connectivity index (χ4n) is 8.92. The lowest BCUT2D eigenvalue weighted by molar-refractivity contribution is -0.134. The topological polar surface area (TPSA) is 143 Å². The van der Waals surface area contributed by atoms with E-state index < -0.39 is 6.10 Å². The number of H-pyrrole nitrogens is 1. The zero-order valence-electron chi connectivity index (χ0n) is 33.8. The third-order valence-electron chi connectivity index (χ3n) is 12.3. The van der Waals surface area contributed by atoms with Gasteiger partial charge in [-0.05, 0) is 85.0 Å². The minimum Gasteiger partial charge on any atom is -0.506 e. The maximum atomic E-state index is 13.5. The zero-order chi connectivity index (χ0) is 40.5. The third-order valence-corrected chi connectivity index (χ3v) is 12.8. The van der Waals surface area contributed by atoms with Crippen molar-refractivity contribution in [3.63, 3.8) is 0 Å². The van der Waals surface area contributed by atoms with Crippen LogP contribution >= 0.6 is 11.6 Å². The first kappa shape index (κ1) is 42.1. The van der Waals surface area contributed by atoms with E-state index in [-0.39, 0.29) is 35.4 Å². The van der Waals surface area contributed by atoms with Crippen LogP contribution in [-0.4, -0.2) is 113 Å². The van der Waals surface area contributed by atoms with Gasteiger partial charge in [0.05, 0.1) is 43.5 Å². The van der Waals surface area contributed by atoms with Gasteiger partial charge in [-0.3, -0.25) is 14.5 Å². The molecule has 4 N–H and O–H groups in total. The number of anilines is 1. The van der Waals surface area contributed by atoms with E-state index in [1.807, 2.05) is 11.1 Å². The van der Waals surface area contributed by atoms with Gasteiger partial charge in [-0.1, -0.05) is 55.6 Å². The van der Waals surface area contributed by atoms with Gasteiger partial charge in [0, 0.05) is 81.1 Å². The molecule has 1 amide bonds. The van der Waals surface area contributed by atoms with Crippen molar-refractivity contribution in [1.29, 1.82) is 0 Å². The Balaban J connectivity index is 0.836. The number of morpholine rings is 1. The lowest BCUT2D eigenvalue weighted by atomic mass is 9.89. The average molecular weight is 815 g/mol. The number of hydrogen-bond donors (Lipinski definition) is 4. The number of aromatic amines is 1. The number of aliphatic hydroxyl groups is 1. The van der Waals surface area contributed by atoms with Gasteiger partial charge in [0.25, 0.3) is 0 Å². The van der Waals surface area contributed by atoms with Crippen molar-refractivity contribution in [1.82, 2.24) is 25.1 Å². The molecule has 3 fully saturated rings.